The van der Waals surface area contributed by atoms with Gasteiger partial charge in [0, 0.05) is 22.5 Å². The van der Waals surface area contributed by atoms with Crippen molar-refractivity contribution in [1.82, 2.24) is 0 Å². The average molecular weight is 614 g/mol. The lowest BCUT2D eigenvalue weighted by Gasteiger charge is -2.17. The zero-order valence-electron chi connectivity index (χ0n) is 20.3. The molecule has 0 aliphatic heterocycles. The van der Waals surface area contributed by atoms with E-state index < -0.39 is 13.9 Å². The fourth-order valence-electron chi connectivity index (χ4n) is 2.72. The topological polar surface area (TPSA) is 71.1 Å². The minimum absolute atomic E-state index is 0.135. The van der Waals surface area contributed by atoms with Crippen LogP contribution in [0.25, 0.3) is 0 Å². The number of rotatable bonds is 8. The minimum atomic E-state index is -3.76. The van der Waals surface area contributed by atoms with Crippen LogP contribution in [0.3, 0.4) is 0 Å². The van der Waals surface area contributed by atoms with Crippen LogP contribution in [-0.2, 0) is 13.7 Å². The van der Waals surface area contributed by atoms with E-state index in [1.165, 1.54) is 6.07 Å². The Morgan fingerprint density at radius 3 is 1.64 bits per heavy atom. The van der Waals surface area contributed by atoms with E-state index in [0.717, 1.165) is 22.3 Å². The molecule has 0 amide bonds. The highest BCUT2D eigenvalue weighted by Gasteiger charge is 2.26. The van der Waals surface area contributed by atoms with Gasteiger partial charge >= 0.3 is 13.9 Å². The van der Waals surface area contributed by atoms with Gasteiger partial charge in [0.15, 0.2) is 0 Å². The Bertz CT molecular complexity index is 1240. The molecule has 3 rings (SSSR count). The normalized spacial score (nSPS) is 12.7. The first-order valence-electron chi connectivity index (χ1n) is 10.6. The standard InChI is InChI=1S/C16H18ClO3P.C8H8Cl3O3P/c1-11-5-7-13(3)15(9-11)19-21(17,18)20-16-10-12(2)6-8-14(16)4;1-2-13-15(11,12)14-7-5-3-4-6(9)8(7)10/h5-10H,1-4H3;3-5H,2H2,1H3. The molecular formula is C24H26Cl4O6P2. The number of benzene rings is 3. The van der Waals surface area contributed by atoms with E-state index in [1.807, 2.05) is 52.0 Å². The predicted octanol–water partition coefficient (Wildman–Crippen LogP) is 10.5. The van der Waals surface area contributed by atoms with Crippen molar-refractivity contribution >= 4 is 59.6 Å². The maximum absolute atomic E-state index is 12.4. The van der Waals surface area contributed by atoms with Crippen LogP contribution in [0.4, 0.5) is 0 Å². The Morgan fingerprint density at radius 1 is 0.694 bits per heavy atom. The summed E-state index contributed by atoms with van der Waals surface area (Å²) in [5.74, 6) is 1.08. The second-order valence-corrected chi connectivity index (χ2v) is 13.4. The average Bonchev–Trinajstić information content (AvgIpc) is 2.76. The largest absolute Gasteiger partial charge is 0.530 e. The Labute approximate surface area is 231 Å². The van der Waals surface area contributed by atoms with Gasteiger partial charge in [-0.25, -0.2) is 9.13 Å². The SMILES string of the molecule is CCOP(=O)(Cl)Oc1cccc(Cl)c1Cl.Cc1ccc(C)c(OP(=O)(Cl)Oc2cc(C)ccc2C)c1. The summed E-state index contributed by atoms with van der Waals surface area (Å²) in [6, 6.07) is 15.9. The molecule has 196 valence electrons. The smallest absolute Gasteiger partial charge is 0.412 e. The summed E-state index contributed by atoms with van der Waals surface area (Å²) in [5.41, 5.74) is 3.70. The van der Waals surface area contributed by atoms with Gasteiger partial charge in [0.05, 0.1) is 11.6 Å². The highest BCUT2D eigenvalue weighted by atomic mass is 35.7. The van der Waals surface area contributed by atoms with Crippen LogP contribution < -0.4 is 13.6 Å². The van der Waals surface area contributed by atoms with Gasteiger partial charge in [0.2, 0.25) is 0 Å². The number of hydrogen-bond acceptors (Lipinski definition) is 6. The van der Waals surface area contributed by atoms with Crippen LogP contribution in [0.2, 0.25) is 10.0 Å². The zero-order valence-corrected chi connectivity index (χ0v) is 25.1. The molecule has 36 heavy (non-hydrogen) atoms. The molecule has 0 aromatic heterocycles. The second kappa shape index (κ2) is 13.4. The van der Waals surface area contributed by atoms with Crippen LogP contribution in [0.15, 0.2) is 54.6 Å². The molecule has 0 spiro atoms. The third kappa shape index (κ3) is 9.84. The van der Waals surface area contributed by atoms with Crippen molar-refractivity contribution in [2.24, 2.45) is 0 Å². The number of hydrogen-bond donors (Lipinski definition) is 0. The van der Waals surface area contributed by atoms with E-state index in [4.69, 9.17) is 63.8 Å². The Hall–Kier alpha value is -1.36. The van der Waals surface area contributed by atoms with Crippen molar-refractivity contribution in [1.29, 1.82) is 0 Å². The highest BCUT2D eigenvalue weighted by Crippen LogP contribution is 2.55. The Morgan fingerprint density at radius 2 is 1.17 bits per heavy atom. The molecule has 0 fully saturated rings. The summed E-state index contributed by atoms with van der Waals surface area (Å²) in [7, 11) is 0. The first-order valence-corrected chi connectivity index (χ1v) is 16.3. The highest BCUT2D eigenvalue weighted by molar-refractivity contribution is 7.82. The Balaban J connectivity index is 0.000000269. The fourth-order valence-corrected chi connectivity index (χ4v) is 5.71. The summed E-state index contributed by atoms with van der Waals surface area (Å²) in [6.07, 6.45) is 0. The van der Waals surface area contributed by atoms with Crippen molar-refractivity contribution < 1.29 is 27.2 Å². The third-order valence-electron chi connectivity index (χ3n) is 4.51. The Kier molecular flexibility index (Phi) is 11.5. The maximum atomic E-state index is 12.4. The molecule has 0 saturated carbocycles. The first kappa shape index (κ1) is 30.9. The van der Waals surface area contributed by atoms with Gasteiger partial charge < -0.3 is 13.6 Å². The molecule has 0 saturated heterocycles. The van der Waals surface area contributed by atoms with Gasteiger partial charge in [-0.05, 0) is 81.1 Å². The summed E-state index contributed by atoms with van der Waals surface area (Å²) in [4.78, 5) is 0. The fraction of sp³-hybridized carbons (Fsp3) is 0.250. The van der Waals surface area contributed by atoms with Crippen molar-refractivity contribution in [2.75, 3.05) is 6.61 Å². The van der Waals surface area contributed by atoms with Crippen LogP contribution in [-0.4, -0.2) is 6.61 Å². The second-order valence-electron chi connectivity index (χ2n) is 7.64. The molecule has 3 aromatic carbocycles. The molecule has 0 heterocycles. The van der Waals surface area contributed by atoms with E-state index in [-0.39, 0.29) is 17.4 Å². The summed E-state index contributed by atoms with van der Waals surface area (Å²) >= 11 is 23.0. The van der Waals surface area contributed by atoms with Crippen LogP contribution in [0.5, 0.6) is 17.2 Å². The molecule has 0 aliphatic rings. The molecule has 1 unspecified atom stereocenters. The minimum Gasteiger partial charge on any atom is -0.412 e. The van der Waals surface area contributed by atoms with Gasteiger partial charge in [0.25, 0.3) is 0 Å². The summed E-state index contributed by atoms with van der Waals surface area (Å²) in [6.45, 7) is 2.03. The molecule has 1 atom stereocenters. The summed E-state index contributed by atoms with van der Waals surface area (Å²) < 4.78 is 44.4. The lowest BCUT2D eigenvalue weighted by Crippen LogP contribution is -1.98. The van der Waals surface area contributed by atoms with Crippen molar-refractivity contribution in [2.45, 2.75) is 34.6 Å². The molecular weight excluding hydrogens is 588 g/mol. The van der Waals surface area contributed by atoms with E-state index in [9.17, 15) is 9.13 Å². The van der Waals surface area contributed by atoms with Gasteiger partial charge in [0.1, 0.15) is 22.3 Å². The lowest BCUT2D eigenvalue weighted by atomic mass is 10.1. The molecule has 0 aliphatic carbocycles. The van der Waals surface area contributed by atoms with Gasteiger partial charge in [-0.3, -0.25) is 4.52 Å². The van der Waals surface area contributed by atoms with E-state index in [0.29, 0.717) is 16.5 Å². The first-order chi connectivity index (χ1) is 16.7. The van der Waals surface area contributed by atoms with Gasteiger partial charge in [-0.2, -0.15) is 0 Å². The molecule has 12 heteroatoms. The van der Waals surface area contributed by atoms with E-state index in [1.54, 1.807) is 31.2 Å². The maximum Gasteiger partial charge on any atom is 0.530 e. The van der Waals surface area contributed by atoms with E-state index >= 15 is 0 Å². The van der Waals surface area contributed by atoms with Gasteiger partial charge in [-0.15, -0.1) is 0 Å². The molecule has 0 N–H and O–H groups in total. The van der Waals surface area contributed by atoms with E-state index in [2.05, 4.69) is 0 Å². The van der Waals surface area contributed by atoms with Crippen LogP contribution >= 0.6 is 59.6 Å². The van der Waals surface area contributed by atoms with Crippen LogP contribution in [0, 0.1) is 27.7 Å². The molecule has 6 nitrogen and oxygen atoms in total. The lowest BCUT2D eigenvalue weighted by molar-refractivity contribution is 0.295. The van der Waals surface area contributed by atoms with Crippen molar-refractivity contribution in [3.8, 4) is 17.2 Å². The van der Waals surface area contributed by atoms with Gasteiger partial charge in [-0.1, -0.05) is 53.5 Å². The monoisotopic (exact) mass is 612 g/mol. The van der Waals surface area contributed by atoms with Crippen molar-refractivity contribution in [3.63, 3.8) is 0 Å². The van der Waals surface area contributed by atoms with Crippen LogP contribution in [0.1, 0.15) is 29.2 Å². The molecule has 0 radical (unpaired) electrons. The number of aryl methyl sites for hydroxylation is 4. The third-order valence-corrected chi connectivity index (χ3v) is 8.04. The summed E-state index contributed by atoms with van der Waals surface area (Å²) in [5, 5.41) is 0.446. The molecule has 0 bridgehead atoms. The zero-order chi connectivity index (χ0) is 27.1. The predicted molar refractivity (Wildman–Crippen MR) is 149 cm³/mol. The number of halogens is 4. The van der Waals surface area contributed by atoms with Crippen molar-refractivity contribution in [3.05, 3.63) is 86.9 Å². The quantitative estimate of drug-likeness (QED) is 0.235. The molecule has 3 aromatic rings.